The molecule has 2 unspecified atom stereocenters. The molecule has 4 heterocycles. The van der Waals surface area contributed by atoms with E-state index < -0.39 is 0 Å². The number of likely N-dealkylation sites (tertiary alicyclic amines) is 1. The van der Waals surface area contributed by atoms with E-state index in [9.17, 15) is 14.4 Å². The van der Waals surface area contributed by atoms with E-state index in [1.54, 1.807) is 13.1 Å². The van der Waals surface area contributed by atoms with Gasteiger partial charge in [-0.15, -0.1) is 0 Å². The van der Waals surface area contributed by atoms with E-state index in [1.165, 1.54) is 0 Å². The van der Waals surface area contributed by atoms with Crippen LogP contribution >= 0.6 is 11.6 Å². The Hall–Kier alpha value is -2.97. The van der Waals surface area contributed by atoms with E-state index in [1.807, 2.05) is 53.3 Å². The first-order chi connectivity index (χ1) is 20.3. The minimum Gasteiger partial charge on any atom is -0.353 e. The number of anilines is 1. The Bertz CT molecular complexity index is 1240. The summed E-state index contributed by atoms with van der Waals surface area (Å²) in [5, 5.41) is 3.97. The topological polar surface area (TPSA) is 85.9 Å². The number of piperidine rings is 2. The highest BCUT2D eigenvalue weighted by molar-refractivity contribution is 6.31. The lowest BCUT2D eigenvalue weighted by atomic mass is 9.94. The molecule has 1 aromatic carbocycles. The number of aryl methyl sites for hydroxylation is 2. The molecule has 1 N–H and O–H groups in total. The van der Waals surface area contributed by atoms with Crippen molar-refractivity contribution < 1.29 is 14.4 Å². The lowest BCUT2D eigenvalue weighted by Crippen LogP contribution is -2.51. The molecule has 3 amide bonds. The zero-order valence-corrected chi connectivity index (χ0v) is 25.7. The van der Waals surface area contributed by atoms with Crippen LogP contribution in [0.15, 0.2) is 42.7 Å². The number of rotatable bonds is 10. The van der Waals surface area contributed by atoms with Crippen molar-refractivity contribution in [3.63, 3.8) is 0 Å². The quantitative estimate of drug-likeness (QED) is 0.429. The summed E-state index contributed by atoms with van der Waals surface area (Å²) in [7, 11) is 0. The number of amides is 3. The Morgan fingerprint density at radius 1 is 1.07 bits per heavy atom. The Morgan fingerprint density at radius 3 is 2.45 bits per heavy atom. The molecule has 0 saturated carbocycles. The van der Waals surface area contributed by atoms with Gasteiger partial charge < -0.3 is 15.1 Å². The SMILES string of the molecule is CC(=O)N1CCC(C(=O)N(CCCN2C3CCC2CC(NC(=O)CCc2cccnc2)C3)c2ccc(C)c(Cl)c2)CC1. The Morgan fingerprint density at radius 2 is 1.81 bits per heavy atom. The summed E-state index contributed by atoms with van der Waals surface area (Å²) >= 11 is 6.48. The minimum atomic E-state index is -0.0885. The number of aromatic nitrogens is 1. The molecule has 3 saturated heterocycles. The number of halogens is 1. The molecule has 226 valence electrons. The van der Waals surface area contributed by atoms with Crippen molar-refractivity contribution in [2.24, 2.45) is 5.92 Å². The summed E-state index contributed by atoms with van der Waals surface area (Å²) in [6.07, 6.45) is 11.3. The van der Waals surface area contributed by atoms with E-state index in [0.29, 0.717) is 62.4 Å². The first kappa shape index (κ1) is 30.5. The molecule has 2 bridgehead atoms. The maximum atomic E-state index is 13.8. The summed E-state index contributed by atoms with van der Waals surface area (Å²) in [6.45, 7) is 6.40. The van der Waals surface area contributed by atoms with Crippen LogP contribution in [-0.4, -0.2) is 76.8 Å². The van der Waals surface area contributed by atoms with Crippen molar-refractivity contribution in [2.45, 2.75) is 89.8 Å². The number of carbonyl (C=O) groups is 3. The monoisotopic (exact) mass is 593 g/mol. The maximum Gasteiger partial charge on any atom is 0.230 e. The van der Waals surface area contributed by atoms with Crippen molar-refractivity contribution in [3.8, 4) is 0 Å². The first-order valence-electron chi connectivity index (χ1n) is 15.6. The first-order valence-corrected chi connectivity index (χ1v) is 15.9. The van der Waals surface area contributed by atoms with E-state index in [-0.39, 0.29) is 29.7 Å². The van der Waals surface area contributed by atoms with Gasteiger partial charge in [0.25, 0.3) is 0 Å². The Balaban J connectivity index is 1.15. The highest BCUT2D eigenvalue weighted by atomic mass is 35.5. The number of nitrogens with one attached hydrogen (secondary N) is 1. The second-order valence-corrected chi connectivity index (χ2v) is 12.7. The fourth-order valence-corrected chi connectivity index (χ4v) is 7.22. The predicted octanol–water partition coefficient (Wildman–Crippen LogP) is 4.77. The zero-order valence-electron chi connectivity index (χ0n) is 24.9. The summed E-state index contributed by atoms with van der Waals surface area (Å²) in [5.74, 6) is 0.241. The highest BCUT2D eigenvalue weighted by Gasteiger charge is 2.41. The number of hydrogen-bond acceptors (Lipinski definition) is 5. The van der Waals surface area contributed by atoms with Crippen LogP contribution in [0.4, 0.5) is 5.69 Å². The molecular weight excluding hydrogens is 550 g/mol. The number of nitrogens with zero attached hydrogens (tertiary/aromatic N) is 4. The molecule has 9 heteroatoms. The van der Waals surface area contributed by atoms with Gasteiger partial charge in [0.2, 0.25) is 17.7 Å². The Kier molecular flexibility index (Phi) is 10.2. The van der Waals surface area contributed by atoms with Gasteiger partial charge in [-0.3, -0.25) is 24.3 Å². The summed E-state index contributed by atoms with van der Waals surface area (Å²) in [6, 6.07) is 11.0. The lowest BCUT2D eigenvalue weighted by molar-refractivity contribution is -0.133. The second-order valence-electron chi connectivity index (χ2n) is 12.3. The minimum absolute atomic E-state index is 0.0748. The van der Waals surface area contributed by atoms with Crippen LogP contribution in [0.2, 0.25) is 5.02 Å². The molecule has 1 aromatic heterocycles. The third-order valence-electron chi connectivity index (χ3n) is 9.43. The van der Waals surface area contributed by atoms with Crippen molar-refractivity contribution in [1.29, 1.82) is 0 Å². The fraction of sp³-hybridized carbons (Fsp3) is 0.576. The van der Waals surface area contributed by atoms with Crippen molar-refractivity contribution in [1.82, 2.24) is 20.1 Å². The van der Waals surface area contributed by atoms with Gasteiger partial charge in [-0.05, 0) is 87.6 Å². The number of hydrogen-bond donors (Lipinski definition) is 1. The molecule has 0 radical (unpaired) electrons. The molecule has 42 heavy (non-hydrogen) atoms. The molecular formula is C33H44ClN5O3. The van der Waals surface area contributed by atoms with E-state index in [2.05, 4.69) is 15.2 Å². The van der Waals surface area contributed by atoms with Crippen molar-refractivity contribution in [3.05, 3.63) is 58.9 Å². The van der Waals surface area contributed by atoms with Gasteiger partial charge in [0.1, 0.15) is 0 Å². The van der Waals surface area contributed by atoms with Crippen LogP contribution in [0, 0.1) is 12.8 Å². The van der Waals surface area contributed by atoms with Gasteiger partial charge in [-0.1, -0.05) is 23.7 Å². The van der Waals surface area contributed by atoms with E-state index >= 15 is 0 Å². The number of benzene rings is 1. The largest absolute Gasteiger partial charge is 0.353 e. The van der Waals surface area contributed by atoms with Crippen LogP contribution in [-0.2, 0) is 20.8 Å². The number of pyridine rings is 1. The van der Waals surface area contributed by atoms with Gasteiger partial charge in [0.15, 0.2) is 0 Å². The van der Waals surface area contributed by atoms with Crippen LogP contribution < -0.4 is 10.2 Å². The van der Waals surface area contributed by atoms with Gasteiger partial charge >= 0.3 is 0 Å². The van der Waals surface area contributed by atoms with E-state index in [0.717, 1.165) is 55.5 Å². The third kappa shape index (κ3) is 7.51. The molecule has 3 fully saturated rings. The third-order valence-corrected chi connectivity index (χ3v) is 9.84. The standard InChI is InChI=1S/C33H44ClN5O3/c1-23-6-8-30(21-31(23)34)39(33(42)26-12-17-37(18-13-26)24(2)40)16-4-15-38-28-9-10-29(38)20-27(19-28)36-32(41)11-7-25-5-3-14-35-22-25/h3,5-6,8,14,21-22,26-29H,4,7,9-13,15-20H2,1-2H3,(H,36,41). The molecule has 3 aliphatic heterocycles. The normalized spacial score (nSPS) is 22.6. The molecule has 2 atom stereocenters. The lowest BCUT2D eigenvalue weighted by Gasteiger charge is -2.40. The van der Waals surface area contributed by atoms with Crippen molar-refractivity contribution >= 4 is 35.0 Å². The number of fused-ring (bicyclic) bond motifs is 2. The number of carbonyl (C=O) groups excluding carboxylic acids is 3. The summed E-state index contributed by atoms with van der Waals surface area (Å²) in [5.41, 5.74) is 2.93. The molecule has 8 nitrogen and oxygen atoms in total. The van der Waals surface area contributed by atoms with Crippen LogP contribution in [0.1, 0.15) is 69.4 Å². The van der Waals surface area contributed by atoms with Crippen molar-refractivity contribution in [2.75, 3.05) is 31.1 Å². The van der Waals surface area contributed by atoms with Gasteiger partial charge in [-0.25, -0.2) is 0 Å². The van der Waals surface area contributed by atoms with Gasteiger partial charge in [0.05, 0.1) is 0 Å². The fourth-order valence-electron chi connectivity index (χ4n) is 7.05. The maximum absolute atomic E-state index is 13.8. The van der Waals surface area contributed by atoms with Crippen LogP contribution in [0.3, 0.4) is 0 Å². The summed E-state index contributed by atoms with van der Waals surface area (Å²) < 4.78 is 0. The molecule has 0 aliphatic carbocycles. The van der Waals surface area contributed by atoms with Gasteiger partial charge in [0, 0.05) is 86.7 Å². The zero-order chi connectivity index (χ0) is 29.6. The smallest absolute Gasteiger partial charge is 0.230 e. The molecule has 0 spiro atoms. The average molecular weight is 594 g/mol. The molecule has 5 rings (SSSR count). The molecule has 3 aliphatic rings. The predicted molar refractivity (Wildman–Crippen MR) is 165 cm³/mol. The molecule has 2 aromatic rings. The van der Waals surface area contributed by atoms with E-state index in [4.69, 9.17) is 11.6 Å². The summed E-state index contributed by atoms with van der Waals surface area (Å²) in [4.78, 5) is 48.8. The average Bonchev–Trinajstić information content (AvgIpc) is 3.23. The van der Waals surface area contributed by atoms with Crippen LogP contribution in [0.25, 0.3) is 0 Å². The second kappa shape index (κ2) is 14.0. The van der Waals surface area contributed by atoms with Crippen LogP contribution in [0.5, 0.6) is 0 Å². The van der Waals surface area contributed by atoms with Gasteiger partial charge in [-0.2, -0.15) is 0 Å². The Labute approximate surface area is 254 Å². The highest BCUT2D eigenvalue weighted by Crippen LogP contribution is 2.36.